The summed E-state index contributed by atoms with van der Waals surface area (Å²) in [7, 11) is 1.61. The normalized spacial score (nSPS) is 21.6. The third kappa shape index (κ3) is 4.61. The predicted octanol–water partition coefficient (Wildman–Crippen LogP) is 1.05. The lowest BCUT2D eigenvalue weighted by molar-refractivity contribution is -0.142. The molecule has 1 fully saturated rings. The molecule has 0 radical (unpaired) electrons. The fraction of sp³-hybridized carbons (Fsp3) is 0.818. The molecule has 5 nitrogen and oxygen atoms in total. The van der Waals surface area contributed by atoms with Gasteiger partial charge in [0.25, 0.3) is 0 Å². The van der Waals surface area contributed by atoms with E-state index in [9.17, 15) is 9.59 Å². The Balaban J connectivity index is 2.20. The van der Waals surface area contributed by atoms with Crippen LogP contribution in [0.4, 0.5) is 0 Å². The smallest absolute Gasteiger partial charge is 0.306 e. The van der Waals surface area contributed by atoms with Crippen molar-refractivity contribution in [2.24, 2.45) is 0 Å². The number of ether oxygens (including phenoxy) is 3. The van der Waals surface area contributed by atoms with Crippen molar-refractivity contribution in [2.45, 2.75) is 44.8 Å². The second kappa shape index (κ2) is 6.48. The van der Waals surface area contributed by atoms with Crippen molar-refractivity contribution in [3.05, 3.63) is 0 Å². The molecular formula is C11H18O5. The lowest BCUT2D eigenvalue weighted by atomic mass is 10.1. The molecule has 0 bridgehead atoms. The Labute approximate surface area is 95.0 Å². The molecule has 0 saturated carbocycles. The van der Waals surface area contributed by atoms with Gasteiger partial charge in [0.15, 0.2) is 0 Å². The van der Waals surface area contributed by atoms with Gasteiger partial charge in [-0.1, -0.05) is 0 Å². The van der Waals surface area contributed by atoms with Crippen molar-refractivity contribution in [1.29, 1.82) is 0 Å². The maximum absolute atomic E-state index is 10.9. The van der Waals surface area contributed by atoms with Gasteiger partial charge in [0.05, 0.1) is 12.7 Å². The third-order valence-corrected chi connectivity index (χ3v) is 2.57. The average Bonchev–Trinajstić information content (AvgIpc) is 2.62. The summed E-state index contributed by atoms with van der Waals surface area (Å²) in [5.41, 5.74) is 0. The van der Waals surface area contributed by atoms with Gasteiger partial charge in [0.1, 0.15) is 6.10 Å². The number of cyclic esters (lactones) is 1. The molecule has 1 saturated heterocycles. The van der Waals surface area contributed by atoms with Gasteiger partial charge in [-0.25, -0.2) is 0 Å². The molecule has 0 spiro atoms. The monoisotopic (exact) mass is 230 g/mol. The van der Waals surface area contributed by atoms with Crippen LogP contribution in [0, 0.1) is 0 Å². The van der Waals surface area contributed by atoms with Crippen LogP contribution in [-0.2, 0) is 23.8 Å². The second-order valence-corrected chi connectivity index (χ2v) is 3.87. The minimum Gasteiger partial charge on any atom is -0.466 e. The molecule has 0 aliphatic carbocycles. The van der Waals surface area contributed by atoms with Gasteiger partial charge in [0.2, 0.25) is 0 Å². The first-order valence-electron chi connectivity index (χ1n) is 5.47. The third-order valence-electron chi connectivity index (χ3n) is 2.57. The van der Waals surface area contributed by atoms with Crippen molar-refractivity contribution >= 4 is 11.9 Å². The molecule has 1 rings (SSSR count). The van der Waals surface area contributed by atoms with E-state index in [1.165, 1.54) is 6.92 Å². The molecule has 0 aromatic carbocycles. The molecule has 16 heavy (non-hydrogen) atoms. The average molecular weight is 230 g/mol. The van der Waals surface area contributed by atoms with Crippen LogP contribution in [0.2, 0.25) is 0 Å². The van der Waals surface area contributed by atoms with Crippen molar-refractivity contribution in [3.63, 3.8) is 0 Å². The summed E-state index contributed by atoms with van der Waals surface area (Å²) >= 11 is 0. The summed E-state index contributed by atoms with van der Waals surface area (Å²) in [5.74, 6) is -0.429. The summed E-state index contributed by atoms with van der Waals surface area (Å²) in [6, 6.07) is 0. The molecular weight excluding hydrogens is 212 g/mol. The van der Waals surface area contributed by atoms with Gasteiger partial charge in [-0.2, -0.15) is 0 Å². The molecule has 92 valence electrons. The van der Waals surface area contributed by atoms with E-state index in [-0.39, 0.29) is 24.1 Å². The number of carbonyl (C=O) groups is 2. The van der Waals surface area contributed by atoms with E-state index in [0.717, 1.165) is 6.42 Å². The van der Waals surface area contributed by atoms with Gasteiger partial charge in [-0.15, -0.1) is 0 Å². The molecule has 1 aliphatic heterocycles. The molecule has 2 unspecified atom stereocenters. The zero-order valence-corrected chi connectivity index (χ0v) is 9.73. The lowest BCUT2D eigenvalue weighted by Gasteiger charge is -2.18. The summed E-state index contributed by atoms with van der Waals surface area (Å²) < 4.78 is 15.2. The van der Waals surface area contributed by atoms with Crippen LogP contribution in [-0.4, -0.2) is 37.9 Å². The standard InChI is InChI=1S/C11H18O5/c1-8(12)15-6-5-9(14-2)7-10-3-4-11(13)16-10/h9-10H,3-7H2,1-2H3. The largest absolute Gasteiger partial charge is 0.466 e. The first-order chi connectivity index (χ1) is 7.61. The highest BCUT2D eigenvalue weighted by molar-refractivity contribution is 5.71. The van der Waals surface area contributed by atoms with Crippen molar-refractivity contribution in [2.75, 3.05) is 13.7 Å². The van der Waals surface area contributed by atoms with Crippen LogP contribution in [0.1, 0.15) is 32.6 Å². The van der Waals surface area contributed by atoms with E-state index >= 15 is 0 Å². The first kappa shape index (κ1) is 13.0. The summed E-state index contributed by atoms with van der Waals surface area (Å²) in [6.07, 6.45) is 2.47. The Kier molecular flexibility index (Phi) is 5.25. The van der Waals surface area contributed by atoms with E-state index < -0.39 is 0 Å². The van der Waals surface area contributed by atoms with Crippen LogP contribution >= 0.6 is 0 Å². The maximum atomic E-state index is 10.9. The highest BCUT2D eigenvalue weighted by Crippen LogP contribution is 2.20. The molecule has 5 heteroatoms. The number of esters is 2. The van der Waals surface area contributed by atoms with Crippen LogP contribution < -0.4 is 0 Å². The van der Waals surface area contributed by atoms with E-state index in [2.05, 4.69) is 0 Å². The SMILES string of the molecule is COC(CCOC(C)=O)CC1CCC(=O)O1. The maximum Gasteiger partial charge on any atom is 0.306 e. The van der Waals surface area contributed by atoms with Gasteiger partial charge in [0, 0.05) is 33.3 Å². The van der Waals surface area contributed by atoms with Gasteiger partial charge in [-0.3, -0.25) is 9.59 Å². The van der Waals surface area contributed by atoms with Crippen LogP contribution in [0.15, 0.2) is 0 Å². The van der Waals surface area contributed by atoms with Crippen LogP contribution in [0.5, 0.6) is 0 Å². The van der Waals surface area contributed by atoms with Crippen LogP contribution in [0.3, 0.4) is 0 Å². The van der Waals surface area contributed by atoms with Crippen molar-refractivity contribution < 1.29 is 23.8 Å². The summed E-state index contributed by atoms with van der Waals surface area (Å²) in [5, 5.41) is 0. The van der Waals surface area contributed by atoms with E-state index in [1.54, 1.807) is 7.11 Å². The van der Waals surface area contributed by atoms with Gasteiger partial charge in [-0.05, 0) is 6.42 Å². The number of carbonyl (C=O) groups excluding carboxylic acids is 2. The number of hydrogen-bond donors (Lipinski definition) is 0. The molecule has 1 aliphatic rings. The molecule has 0 amide bonds. The molecule has 2 atom stereocenters. The van der Waals surface area contributed by atoms with Gasteiger partial charge >= 0.3 is 11.9 Å². The Bertz CT molecular complexity index is 251. The Hall–Kier alpha value is -1.10. The second-order valence-electron chi connectivity index (χ2n) is 3.87. The number of methoxy groups -OCH3 is 1. The Morgan fingerprint density at radius 3 is 2.88 bits per heavy atom. The summed E-state index contributed by atoms with van der Waals surface area (Å²) in [6.45, 7) is 1.72. The summed E-state index contributed by atoms with van der Waals surface area (Å²) in [4.78, 5) is 21.5. The topological polar surface area (TPSA) is 61.8 Å². The zero-order chi connectivity index (χ0) is 12.0. The molecule has 0 N–H and O–H groups in total. The number of rotatable bonds is 6. The predicted molar refractivity (Wildman–Crippen MR) is 55.8 cm³/mol. The molecule has 1 heterocycles. The van der Waals surface area contributed by atoms with Crippen molar-refractivity contribution in [1.82, 2.24) is 0 Å². The minimum atomic E-state index is -0.290. The lowest BCUT2D eigenvalue weighted by Crippen LogP contribution is -2.21. The Morgan fingerprint density at radius 1 is 1.62 bits per heavy atom. The quantitative estimate of drug-likeness (QED) is 0.638. The number of hydrogen-bond acceptors (Lipinski definition) is 5. The molecule has 0 aromatic rings. The highest BCUT2D eigenvalue weighted by Gasteiger charge is 2.26. The fourth-order valence-corrected chi connectivity index (χ4v) is 1.71. The van der Waals surface area contributed by atoms with Crippen LogP contribution in [0.25, 0.3) is 0 Å². The minimum absolute atomic E-state index is 0.0322. The van der Waals surface area contributed by atoms with Gasteiger partial charge < -0.3 is 14.2 Å². The highest BCUT2D eigenvalue weighted by atomic mass is 16.6. The molecule has 0 aromatic heterocycles. The zero-order valence-electron chi connectivity index (χ0n) is 9.73. The van der Waals surface area contributed by atoms with E-state index in [0.29, 0.717) is 25.9 Å². The van der Waals surface area contributed by atoms with E-state index in [1.807, 2.05) is 0 Å². The van der Waals surface area contributed by atoms with E-state index in [4.69, 9.17) is 14.2 Å². The first-order valence-corrected chi connectivity index (χ1v) is 5.47. The Morgan fingerprint density at radius 2 is 2.38 bits per heavy atom. The fourth-order valence-electron chi connectivity index (χ4n) is 1.71. The van der Waals surface area contributed by atoms with Crippen molar-refractivity contribution in [3.8, 4) is 0 Å².